The van der Waals surface area contributed by atoms with Gasteiger partial charge in [-0.1, -0.05) is 45.7 Å². The van der Waals surface area contributed by atoms with Crippen molar-refractivity contribution in [2.24, 2.45) is 5.73 Å². The van der Waals surface area contributed by atoms with E-state index in [1.54, 1.807) is 36.4 Å². The van der Waals surface area contributed by atoms with E-state index in [0.717, 1.165) is 10.0 Å². The molecule has 0 aliphatic heterocycles. The van der Waals surface area contributed by atoms with Crippen LogP contribution in [0.3, 0.4) is 0 Å². The van der Waals surface area contributed by atoms with Gasteiger partial charge in [0.25, 0.3) is 0 Å². The van der Waals surface area contributed by atoms with Gasteiger partial charge in [-0.05, 0) is 29.8 Å². The number of benzene rings is 2. The number of rotatable bonds is 2. The van der Waals surface area contributed by atoms with Crippen molar-refractivity contribution in [3.63, 3.8) is 0 Å². The highest BCUT2D eigenvalue weighted by atomic mass is 79.9. The Morgan fingerprint density at radius 1 is 1.12 bits per heavy atom. The monoisotopic (exact) mass is 313 g/mol. The second-order valence-electron chi connectivity index (χ2n) is 3.67. The van der Waals surface area contributed by atoms with E-state index in [1.165, 1.54) is 6.07 Å². The van der Waals surface area contributed by atoms with E-state index >= 15 is 0 Å². The molecule has 2 aromatic rings. The molecule has 0 fully saturated rings. The van der Waals surface area contributed by atoms with Crippen LogP contribution in [-0.2, 0) is 0 Å². The van der Waals surface area contributed by atoms with Crippen LogP contribution in [0.15, 0.2) is 46.9 Å². The lowest BCUT2D eigenvalue weighted by Crippen LogP contribution is -2.14. The lowest BCUT2D eigenvalue weighted by atomic mass is 9.99. The molecular formula is C13H10BrClFN. The van der Waals surface area contributed by atoms with Crippen molar-refractivity contribution in [3.8, 4) is 0 Å². The summed E-state index contributed by atoms with van der Waals surface area (Å²) in [4.78, 5) is 0. The van der Waals surface area contributed by atoms with Gasteiger partial charge in [-0.15, -0.1) is 0 Å². The zero-order chi connectivity index (χ0) is 12.4. The van der Waals surface area contributed by atoms with Gasteiger partial charge in [-0.25, -0.2) is 4.39 Å². The molecule has 4 heteroatoms. The van der Waals surface area contributed by atoms with Crippen LogP contribution in [0.5, 0.6) is 0 Å². The fourth-order valence-electron chi connectivity index (χ4n) is 1.65. The molecule has 0 bridgehead atoms. The Kier molecular flexibility index (Phi) is 3.82. The normalized spacial score (nSPS) is 12.5. The van der Waals surface area contributed by atoms with E-state index in [1.807, 2.05) is 0 Å². The van der Waals surface area contributed by atoms with Crippen LogP contribution in [0.2, 0.25) is 5.02 Å². The van der Waals surface area contributed by atoms with Crippen molar-refractivity contribution in [2.75, 3.05) is 0 Å². The summed E-state index contributed by atoms with van der Waals surface area (Å²) in [6.07, 6.45) is 0. The fourth-order valence-corrected chi connectivity index (χ4v) is 2.32. The van der Waals surface area contributed by atoms with Gasteiger partial charge < -0.3 is 5.73 Å². The molecule has 0 aliphatic rings. The van der Waals surface area contributed by atoms with Crippen molar-refractivity contribution in [2.45, 2.75) is 6.04 Å². The largest absolute Gasteiger partial charge is 0.320 e. The Bertz CT molecular complexity index is 545. The van der Waals surface area contributed by atoms with Crippen molar-refractivity contribution in [3.05, 3.63) is 68.9 Å². The van der Waals surface area contributed by atoms with E-state index in [9.17, 15) is 4.39 Å². The number of nitrogens with two attached hydrogens (primary N) is 1. The minimum atomic E-state index is -0.538. The highest BCUT2D eigenvalue weighted by molar-refractivity contribution is 9.10. The topological polar surface area (TPSA) is 26.0 Å². The lowest BCUT2D eigenvalue weighted by Gasteiger charge is -2.15. The third kappa shape index (κ3) is 2.68. The van der Waals surface area contributed by atoms with Gasteiger partial charge in [0.05, 0.1) is 6.04 Å². The molecule has 0 amide bonds. The molecule has 0 saturated carbocycles. The molecule has 0 radical (unpaired) electrons. The Labute approximate surface area is 113 Å². The average molecular weight is 315 g/mol. The van der Waals surface area contributed by atoms with E-state index in [2.05, 4.69) is 15.9 Å². The predicted molar refractivity (Wildman–Crippen MR) is 71.6 cm³/mol. The van der Waals surface area contributed by atoms with Crippen molar-refractivity contribution in [1.82, 2.24) is 0 Å². The number of halogens is 3. The third-order valence-corrected chi connectivity index (χ3v) is 3.49. The zero-order valence-electron chi connectivity index (χ0n) is 8.83. The van der Waals surface area contributed by atoms with Gasteiger partial charge in [0.2, 0.25) is 0 Å². The average Bonchev–Trinajstić information content (AvgIpc) is 2.32. The third-order valence-electron chi connectivity index (χ3n) is 2.53. The molecular weight excluding hydrogens is 305 g/mol. The van der Waals surface area contributed by atoms with Crippen LogP contribution in [0.1, 0.15) is 17.2 Å². The van der Waals surface area contributed by atoms with Gasteiger partial charge in [0, 0.05) is 15.1 Å². The molecule has 2 rings (SSSR count). The summed E-state index contributed by atoms with van der Waals surface area (Å²) in [5.74, 6) is -0.313. The lowest BCUT2D eigenvalue weighted by molar-refractivity contribution is 0.599. The Morgan fingerprint density at radius 3 is 2.53 bits per heavy atom. The van der Waals surface area contributed by atoms with E-state index in [4.69, 9.17) is 17.3 Å². The minimum absolute atomic E-state index is 0.313. The SMILES string of the molecule is NC(c1ccccc1F)c1cc(Cl)ccc1Br. The molecule has 0 spiro atoms. The Hall–Kier alpha value is -0.900. The summed E-state index contributed by atoms with van der Waals surface area (Å²) >= 11 is 9.31. The second kappa shape index (κ2) is 5.17. The molecule has 0 saturated heterocycles. The maximum Gasteiger partial charge on any atom is 0.128 e. The minimum Gasteiger partial charge on any atom is -0.320 e. The summed E-state index contributed by atoms with van der Waals surface area (Å²) in [5.41, 5.74) is 7.28. The number of hydrogen-bond donors (Lipinski definition) is 1. The number of hydrogen-bond acceptors (Lipinski definition) is 1. The van der Waals surface area contributed by atoms with Crippen LogP contribution < -0.4 is 5.73 Å². The molecule has 88 valence electrons. The maximum atomic E-state index is 13.6. The first kappa shape index (κ1) is 12.6. The second-order valence-corrected chi connectivity index (χ2v) is 4.96. The summed E-state index contributed by atoms with van der Waals surface area (Å²) in [5, 5.41) is 0.579. The Balaban J connectivity index is 2.47. The van der Waals surface area contributed by atoms with Gasteiger partial charge in [0.1, 0.15) is 5.82 Å². The summed E-state index contributed by atoms with van der Waals surface area (Å²) in [6.45, 7) is 0. The van der Waals surface area contributed by atoms with Crippen LogP contribution >= 0.6 is 27.5 Å². The quantitative estimate of drug-likeness (QED) is 0.879. The first-order valence-electron chi connectivity index (χ1n) is 5.04. The molecule has 1 atom stereocenters. The zero-order valence-corrected chi connectivity index (χ0v) is 11.2. The first-order valence-corrected chi connectivity index (χ1v) is 6.21. The van der Waals surface area contributed by atoms with Crippen molar-refractivity contribution in [1.29, 1.82) is 0 Å². The van der Waals surface area contributed by atoms with Crippen LogP contribution in [0.4, 0.5) is 4.39 Å². The molecule has 2 aromatic carbocycles. The summed E-state index contributed by atoms with van der Waals surface area (Å²) in [7, 11) is 0. The van der Waals surface area contributed by atoms with Crippen LogP contribution in [-0.4, -0.2) is 0 Å². The van der Waals surface area contributed by atoms with E-state index < -0.39 is 6.04 Å². The first-order chi connectivity index (χ1) is 8.09. The van der Waals surface area contributed by atoms with Gasteiger partial charge in [-0.2, -0.15) is 0 Å². The molecule has 1 nitrogen and oxygen atoms in total. The highest BCUT2D eigenvalue weighted by Gasteiger charge is 2.15. The predicted octanol–water partition coefficient (Wildman–Crippen LogP) is 4.29. The Morgan fingerprint density at radius 2 is 1.82 bits per heavy atom. The van der Waals surface area contributed by atoms with E-state index in [-0.39, 0.29) is 5.82 Å². The van der Waals surface area contributed by atoms with Crippen LogP contribution in [0.25, 0.3) is 0 Å². The molecule has 0 aliphatic carbocycles. The highest BCUT2D eigenvalue weighted by Crippen LogP contribution is 2.30. The fraction of sp³-hybridized carbons (Fsp3) is 0.0769. The van der Waals surface area contributed by atoms with Gasteiger partial charge in [0.15, 0.2) is 0 Å². The summed E-state index contributed by atoms with van der Waals surface area (Å²) < 4.78 is 14.4. The molecule has 0 aromatic heterocycles. The maximum absolute atomic E-state index is 13.6. The summed E-state index contributed by atoms with van der Waals surface area (Å²) in [6, 6.07) is 11.2. The van der Waals surface area contributed by atoms with Crippen molar-refractivity contribution >= 4 is 27.5 Å². The smallest absolute Gasteiger partial charge is 0.128 e. The van der Waals surface area contributed by atoms with E-state index in [0.29, 0.717) is 10.6 Å². The molecule has 17 heavy (non-hydrogen) atoms. The van der Waals surface area contributed by atoms with Gasteiger partial charge >= 0.3 is 0 Å². The van der Waals surface area contributed by atoms with Gasteiger partial charge in [-0.3, -0.25) is 0 Å². The van der Waals surface area contributed by atoms with Crippen molar-refractivity contribution < 1.29 is 4.39 Å². The molecule has 0 heterocycles. The standard InChI is InChI=1S/C13H10BrClFN/c14-11-6-5-8(15)7-10(11)13(17)9-3-1-2-4-12(9)16/h1-7,13H,17H2. The molecule has 1 unspecified atom stereocenters. The molecule has 2 N–H and O–H groups in total. The van der Waals surface area contributed by atoms with Crippen LogP contribution in [0, 0.1) is 5.82 Å².